The van der Waals surface area contributed by atoms with Crippen LogP contribution in [0.15, 0.2) is 24.3 Å². The number of halogens is 1. The normalized spacial score (nSPS) is 21.2. The van der Waals surface area contributed by atoms with E-state index in [0.29, 0.717) is 6.04 Å². The minimum atomic E-state index is -0.200. The summed E-state index contributed by atoms with van der Waals surface area (Å²) in [5.41, 5.74) is 4.66. The van der Waals surface area contributed by atoms with E-state index in [1.165, 1.54) is 42.8 Å². The molecule has 1 atom stereocenters. The molecule has 0 unspecified atom stereocenters. The molecule has 5 heteroatoms. The van der Waals surface area contributed by atoms with Crippen LogP contribution in [0.2, 0.25) is 0 Å². The molecule has 3 heterocycles. The second kappa shape index (κ2) is 6.65. The first-order valence-electron chi connectivity index (χ1n) is 8.98. The first-order valence-corrected chi connectivity index (χ1v) is 8.98. The van der Waals surface area contributed by atoms with Crippen LogP contribution in [0.5, 0.6) is 0 Å². The standard InChI is InChI=1S/C19H25FN4/c1-23-11-2-3-16(23)9-12-24-18-8-10-21-13-17(18)19(22-24)14-4-6-15(20)7-5-14/h4-7,16,21H,2-3,8-13H2,1H3/t16-/m0/s1. The molecule has 4 rings (SSSR count). The molecular formula is C19H25FN4. The number of benzene rings is 1. The highest BCUT2D eigenvalue weighted by atomic mass is 19.1. The molecule has 2 aliphatic heterocycles. The van der Waals surface area contributed by atoms with Crippen LogP contribution in [0, 0.1) is 5.82 Å². The Balaban J connectivity index is 1.61. The van der Waals surface area contributed by atoms with E-state index in [1.807, 2.05) is 12.1 Å². The summed E-state index contributed by atoms with van der Waals surface area (Å²) < 4.78 is 15.4. The van der Waals surface area contributed by atoms with Gasteiger partial charge in [-0.15, -0.1) is 0 Å². The molecule has 4 nitrogen and oxygen atoms in total. The van der Waals surface area contributed by atoms with Crippen LogP contribution in [0.3, 0.4) is 0 Å². The Hall–Kier alpha value is -1.72. The average molecular weight is 328 g/mol. The fourth-order valence-electron chi connectivity index (χ4n) is 4.06. The highest BCUT2D eigenvalue weighted by Crippen LogP contribution is 2.28. The van der Waals surface area contributed by atoms with Crippen LogP contribution < -0.4 is 5.32 Å². The van der Waals surface area contributed by atoms with Gasteiger partial charge in [-0.2, -0.15) is 5.10 Å². The van der Waals surface area contributed by atoms with Crippen molar-refractivity contribution >= 4 is 0 Å². The van der Waals surface area contributed by atoms with E-state index >= 15 is 0 Å². The molecule has 1 saturated heterocycles. The van der Waals surface area contributed by atoms with Crippen molar-refractivity contribution in [3.63, 3.8) is 0 Å². The van der Waals surface area contributed by atoms with Gasteiger partial charge in [0.15, 0.2) is 0 Å². The molecule has 24 heavy (non-hydrogen) atoms. The lowest BCUT2D eigenvalue weighted by Crippen LogP contribution is -2.28. The van der Waals surface area contributed by atoms with Crippen molar-refractivity contribution in [3.8, 4) is 11.3 Å². The maximum atomic E-state index is 13.2. The van der Waals surface area contributed by atoms with Gasteiger partial charge < -0.3 is 10.2 Å². The van der Waals surface area contributed by atoms with Crippen molar-refractivity contribution in [1.29, 1.82) is 0 Å². The zero-order valence-electron chi connectivity index (χ0n) is 14.3. The van der Waals surface area contributed by atoms with Crippen molar-refractivity contribution in [2.24, 2.45) is 0 Å². The number of aromatic nitrogens is 2. The number of rotatable bonds is 4. The van der Waals surface area contributed by atoms with Gasteiger partial charge in [0, 0.05) is 48.9 Å². The van der Waals surface area contributed by atoms with Crippen molar-refractivity contribution in [3.05, 3.63) is 41.3 Å². The van der Waals surface area contributed by atoms with E-state index in [2.05, 4.69) is 21.9 Å². The summed E-state index contributed by atoms with van der Waals surface area (Å²) in [5, 5.41) is 8.36. The SMILES string of the molecule is CN1CCC[C@H]1CCn1nc(-c2ccc(F)cc2)c2c1CCNC2. The Bertz CT molecular complexity index is 707. The van der Waals surface area contributed by atoms with Gasteiger partial charge in [-0.1, -0.05) is 0 Å². The van der Waals surface area contributed by atoms with Crippen LogP contribution in [0.25, 0.3) is 11.3 Å². The van der Waals surface area contributed by atoms with Gasteiger partial charge in [-0.25, -0.2) is 4.39 Å². The molecule has 1 N–H and O–H groups in total. The Morgan fingerprint density at radius 2 is 2.12 bits per heavy atom. The number of aryl methyl sites for hydroxylation is 1. The Kier molecular flexibility index (Phi) is 4.37. The van der Waals surface area contributed by atoms with E-state index in [1.54, 1.807) is 0 Å². The molecule has 0 bridgehead atoms. The van der Waals surface area contributed by atoms with Crippen LogP contribution in [-0.2, 0) is 19.5 Å². The molecule has 128 valence electrons. The van der Waals surface area contributed by atoms with Crippen LogP contribution in [0.4, 0.5) is 4.39 Å². The number of hydrogen-bond acceptors (Lipinski definition) is 3. The number of nitrogens with zero attached hydrogens (tertiary/aromatic N) is 3. The number of nitrogens with one attached hydrogen (secondary N) is 1. The second-order valence-electron chi connectivity index (χ2n) is 7.00. The van der Waals surface area contributed by atoms with Gasteiger partial charge in [-0.05, 0) is 57.1 Å². The summed E-state index contributed by atoms with van der Waals surface area (Å²) in [5.74, 6) is -0.200. The summed E-state index contributed by atoms with van der Waals surface area (Å²) >= 11 is 0. The van der Waals surface area contributed by atoms with E-state index < -0.39 is 0 Å². The van der Waals surface area contributed by atoms with Crippen molar-refractivity contribution in [2.75, 3.05) is 20.1 Å². The Morgan fingerprint density at radius 1 is 1.29 bits per heavy atom. The zero-order valence-corrected chi connectivity index (χ0v) is 14.3. The molecular weight excluding hydrogens is 303 g/mol. The fourth-order valence-corrected chi connectivity index (χ4v) is 4.06. The van der Waals surface area contributed by atoms with Gasteiger partial charge in [0.1, 0.15) is 5.82 Å². The van der Waals surface area contributed by atoms with Crippen LogP contribution >= 0.6 is 0 Å². The lowest BCUT2D eigenvalue weighted by atomic mass is 10.0. The number of hydrogen-bond donors (Lipinski definition) is 1. The summed E-state index contributed by atoms with van der Waals surface area (Å²) in [6, 6.07) is 7.39. The van der Waals surface area contributed by atoms with Crippen molar-refractivity contribution in [2.45, 2.75) is 44.8 Å². The van der Waals surface area contributed by atoms with Crippen LogP contribution in [0.1, 0.15) is 30.5 Å². The molecule has 0 saturated carbocycles. The predicted octanol–water partition coefficient (Wildman–Crippen LogP) is 2.82. The lowest BCUT2D eigenvalue weighted by molar-refractivity contribution is 0.281. The van der Waals surface area contributed by atoms with Crippen molar-refractivity contribution in [1.82, 2.24) is 20.0 Å². The summed E-state index contributed by atoms with van der Waals surface area (Å²) in [7, 11) is 2.23. The highest BCUT2D eigenvalue weighted by molar-refractivity contribution is 5.64. The molecule has 1 aromatic carbocycles. The largest absolute Gasteiger partial charge is 0.312 e. The molecule has 1 fully saturated rings. The molecule has 2 aromatic rings. The maximum absolute atomic E-state index is 13.2. The first kappa shape index (κ1) is 15.8. The third kappa shape index (κ3) is 2.98. The Morgan fingerprint density at radius 3 is 2.88 bits per heavy atom. The summed E-state index contributed by atoms with van der Waals surface area (Å²) in [6.07, 6.45) is 4.78. The molecule has 0 aliphatic carbocycles. The predicted molar refractivity (Wildman–Crippen MR) is 93.3 cm³/mol. The molecule has 2 aliphatic rings. The first-order chi connectivity index (χ1) is 11.7. The van der Waals surface area contributed by atoms with E-state index in [-0.39, 0.29) is 5.82 Å². The van der Waals surface area contributed by atoms with Gasteiger partial charge in [0.25, 0.3) is 0 Å². The average Bonchev–Trinajstić information content (AvgIpc) is 3.17. The minimum absolute atomic E-state index is 0.200. The van der Waals surface area contributed by atoms with E-state index in [0.717, 1.165) is 43.7 Å². The minimum Gasteiger partial charge on any atom is -0.312 e. The third-order valence-corrected chi connectivity index (χ3v) is 5.47. The third-order valence-electron chi connectivity index (χ3n) is 5.47. The molecule has 0 radical (unpaired) electrons. The molecule has 0 spiro atoms. The van der Waals surface area contributed by atoms with Gasteiger partial charge in [0.2, 0.25) is 0 Å². The summed E-state index contributed by atoms with van der Waals surface area (Å²) in [4.78, 5) is 2.47. The maximum Gasteiger partial charge on any atom is 0.123 e. The van der Waals surface area contributed by atoms with Gasteiger partial charge in [0.05, 0.1) is 5.69 Å². The van der Waals surface area contributed by atoms with Crippen molar-refractivity contribution < 1.29 is 4.39 Å². The smallest absolute Gasteiger partial charge is 0.123 e. The quantitative estimate of drug-likeness (QED) is 0.937. The van der Waals surface area contributed by atoms with Crippen LogP contribution in [-0.4, -0.2) is 40.9 Å². The molecule has 1 aromatic heterocycles. The Labute approximate surface area is 142 Å². The second-order valence-corrected chi connectivity index (χ2v) is 7.00. The van der Waals surface area contributed by atoms with E-state index in [4.69, 9.17) is 5.10 Å². The lowest BCUT2D eigenvalue weighted by Gasteiger charge is -2.20. The number of fused-ring (bicyclic) bond motifs is 1. The topological polar surface area (TPSA) is 33.1 Å². The monoisotopic (exact) mass is 328 g/mol. The number of likely N-dealkylation sites (tertiary alicyclic amines) is 1. The summed E-state index contributed by atoms with van der Waals surface area (Å²) in [6.45, 7) is 4.04. The van der Waals surface area contributed by atoms with Gasteiger partial charge >= 0.3 is 0 Å². The van der Waals surface area contributed by atoms with Gasteiger partial charge in [-0.3, -0.25) is 4.68 Å². The molecule has 0 amide bonds. The fraction of sp³-hybridized carbons (Fsp3) is 0.526. The van der Waals surface area contributed by atoms with E-state index in [9.17, 15) is 4.39 Å². The highest BCUT2D eigenvalue weighted by Gasteiger charge is 2.24. The zero-order chi connectivity index (χ0) is 16.5.